The van der Waals surface area contributed by atoms with E-state index in [-0.39, 0.29) is 18.0 Å². The van der Waals surface area contributed by atoms with Crippen molar-refractivity contribution >= 4 is 5.97 Å². The van der Waals surface area contributed by atoms with Crippen molar-refractivity contribution in [2.24, 2.45) is 35.0 Å². The molecule has 3 fully saturated rings. The van der Waals surface area contributed by atoms with Crippen molar-refractivity contribution in [1.82, 2.24) is 0 Å². The first kappa shape index (κ1) is 26.3. The third-order valence-electron chi connectivity index (χ3n) is 9.09. The number of fused-ring (bicyclic) bond motifs is 1. The summed E-state index contributed by atoms with van der Waals surface area (Å²) in [5.41, 5.74) is 4.66. The predicted octanol–water partition coefficient (Wildman–Crippen LogP) is 8.83. The molecule has 0 N–H and O–H groups in total. The molecule has 0 aromatic carbocycles. The fraction of sp³-hybridized carbons (Fsp3) is 0.774. The van der Waals surface area contributed by atoms with Crippen molar-refractivity contribution in [2.75, 3.05) is 0 Å². The van der Waals surface area contributed by atoms with Crippen molar-refractivity contribution < 1.29 is 9.53 Å². The lowest BCUT2D eigenvalue weighted by Gasteiger charge is -2.44. The van der Waals surface area contributed by atoms with Gasteiger partial charge in [0.15, 0.2) is 0 Å². The zero-order valence-corrected chi connectivity index (χ0v) is 22.4. The molecule has 3 aliphatic rings. The molecule has 3 rings (SSSR count). The summed E-state index contributed by atoms with van der Waals surface area (Å²) < 4.78 is 5.75. The van der Waals surface area contributed by atoms with E-state index < -0.39 is 0 Å². The van der Waals surface area contributed by atoms with E-state index >= 15 is 0 Å². The van der Waals surface area contributed by atoms with Crippen LogP contribution in [0.4, 0.5) is 0 Å². The molecule has 33 heavy (non-hydrogen) atoms. The van der Waals surface area contributed by atoms with Crippen LogP contribution in [0.1, 0.15) is 112 Å². The van der Waals surface area contributed by atoms with Gasteiger partial charge in [0.1, 0.15) is 6.10 Å². The molecule has 0 amide bonds. The van der Waals surface area contributed by atoms with Crippen LogP contribution in [0.2, 0.25) is 0 Å². The van der Waals surface area contributed by atoms with Gasteiger partial charge < -0.3 is 4.74 Å². The fourth-order valence-corrected chi connectivity index (χ4v) is 7.05. The van der Waals surface area contributed by atoms with E-state index in [4.69, 9.17) is 4.74 Å². The third-order valence-corrected chi connectivity index (χ3v) is 9.09. The summed E-state index contributed by atoms with van der Waals surface area (Å²) >= 11 is 0. The van der Waals surface area contributed by atoms with Crippen LogP contribution in [-0.4, -0.2) is 12.1 Å². The van der Waals surface area contributed by atoms with Crippen LogP contribution in [0.3, 0.4) is 0 Å². The maximum Gasteiger partial charge on any atom is 0.308 e. The highest BCUT2D eigenvalue weighted by molar-refractivity contribution is 5.71. The average molecular weight is 455 g/mol. The molecule has 3 saturated carbocycles. The second-order valence-electron chi connectivity index (χ2n) is 12.4. The lowest BCUT2D eigenvalue weighted by atomic mass is 9.60. The number of esters is 1. The molecule has 1 unspecified atom stereocenters. The first-order chi connectivity index (χ1) is 15.6. The predicted molar refractivity (Wildman–Crippen MR) is 140 cm³/mol. The quantitative estimate of drug-likeness (QED) is 0.342. The molecule has 0 saturated heterocycles. The average Bonchev–Trinajstić information content (AvgIpc) is 3.11. The van der Waals surface area contributed by atoms with Crippen molar-refractivity contribution in [2.45, 2.75) is 118 Å². The van der Waals surface area contributed by atoms with Gasteiger partial charge in [-0.1, -0.05) is 90.7 Å². The van der Waals surface area contributed by atoms with Crippen molar-refractivity contribution in [3.63, 3.8) is 0 Å². The summed E-state index contributed by atoms with van der Waals surface area (Å²) in [6, 6.07) is 0. The molecule has 0 aromatic rings. The molecule has 186 valence electrons. The zero-order chi connectivity index (χ0) is 24.2. The summed E-state index contributed by atoms with van der Waals surface area (Å²) in [5, 5.41) is 0. The van der Waals surface area contributed by atoms with Gasteiger partial charge in [-0.05, 0) is 79.6 Å². The Labute approximate surface area is 204 Å². The number of allylic oxidation sites excluding steroid dienone is 4. The molecule has 2 heteroatoms. The molecular weight excluding hydrogens is 404 g/mol. The Hall–Kier alpha value is -1.31. The maximum absolute atomic E-state index is 12.1. The Morgan fingerprint density at radius 2 is 1.85 bits per heavy atom. The summed E-state index contributed by atoms with van der Waals surface area (Å²) in [6.07, 6.45) is 18.3. The Morgan fingerprint density at radius 1 is 1.09 bits per heavy atom. The van der Waals surface area contributed by atoms with Gasteiger partial charge in [0.05, 0.1) is 5.92 Å². The number of hydrogen-bond donors (Lipinski definition) is 0. The number of ether oxygens (including phenoxy) is 1. The zero-order valence-electron chi connectivity index (χ0n) is 22.4. The van der Waals surface area contributed by atoms with Crippen LogP contribution in [0.5, 0.6) is 0 Å². The summed E-state index contributed by atoms with van der Waals surface area (Å²) in [4.78, 5) is 12.1. The first-order valence-electron chi connectivity index (χ1n) is 13.9. The van der Waals surface area contributed by atoms with Crippen LogP contribution >= 0.6 is 0 Å². The minimum absolute atomic E-state index is 0.00854. The summed E-state index contributed by atoms with van der Waals surface area (Å²) in [5.74, 6) is 3.14. The van der Waals surface area contributed by atoms with Crippen molar-refractivity contribution in [3.8, 4) is 0 Å². The Kier molecular flexibility index (Phi) is 9.09. The van der Waals surface area contributed by atoms with Gasteiger partial charge in [0.2, 0.25) is 0 Å². The molecule has 5 atom stereocenters. The highest BCUT2D eigenvalue weighted by atomic mass is 16.5. The first-order valence-corrected chi connectivity index (χ1v) is 13.9. The highest BCUT2D eigenvalue weighted by Gasteiger charge is 2.50. The smallest absolute Gasteiger partial charge is 0.308 e. The fourth-order valence-electron chi connectivity index (χ4n) is 7.05. The van der Waals surface area contributed by atoms with E-state index in [1.165, 1.54) is 62.5 Å². The second kappa shape index (κ2) is 11.4. The minimum Gasteiger partial charge on any atom is -0.462 e. The monoisotopic (exact) mass is 454 g/mol. The lowest BCUT2D eigenvalue weighted by Crippen LogP contribution is -2.36. The number of rotatable bonds is 8. The number of hydrogen-bond acceptors (Lipinski definition) is 2. The van der Waals surface area contributed by atoms with E-state index in [1.54, 1.807) is 5.57 Å². The maximum atomic E-state index is 12.1. The number of carbonyl (C=O) groups excluding carboxylic acids is 1. The van der Waals surface area contributed by atoms with E-state index in [0.29, 0.717) is 5.41 Å². The molecule has 0 radical (unpaired) electrons. The van der Waals surface area contributed by atoms with Crippen LogP contribution in [0.15, 0.2) is 35.5 Å². The van der Waals surface area contributed by atoms with Gasteiger partial charge in [-0.25, -0.2) is 0 Å². The van der Waals surface area contributed by atoms with Gasteiger partial charge >= 0.3 is 5.97 Å². The molecule has 2 nitrogen and oxygen atoms in total. The topological polar surface area (TPSA) is 26.3 Å². The van der Waals surface area contributed by atoms with Crippen LogP contribution in [-0.2, 0) is 9.53 Å². The second-order valence-corrected chi connectivity index (χ2v) is 12.4. The van der Waals surface area contributed by atoms with E-state index in [0.717, 1.165) is 42.9 Å². The molecule has 0 aliphatic heterocycles. The lowest BCUT2D eigenvalue weighted by molar-refractivity contribution is -0.153. The van der Waals surface area contributed by atoms with Gasteiger partial charge in [0.25, 0.3) is 0 Å². The third kappa shape index (κ3) is 6.43. The van der Waals surface area contributed by atoms with Crippen LogP contribution < -0.4 is 0 Å². The Morgan fingerprint density at radius 3 is 2.55 bits per heavy atom. The SMILES string of the molecule is C=C1CC[C@H](OC(=O)C(C)C)C/C1=C/C=C1\CCC[C@]2(C)C([C@H](C)CCCC(C)C)CC[C@@H]12. The Bertz CT molecular complexity index is 755. The Balaban J connectivity index is 1.68. The molecule has 3 aliphatic carbocycles. The normalized spacial score (nSPS) is 33.7. The highest BCUT2D eigenvalue weighted by Crippen LogP contribution is 2.60. The molecule has 0 spiro atoms. The molecule has 0 heterocycles. The van der Waals surface area contributed by atoms with Crippen molar-refractivity contribution in [1.29, 1.82) is 0 Å². The minimum atomic E-state index is -0.0761. The summed E-state index contributed by atoms with van der Waals surface area (Å²) in [6.45, 7) is 18.0. The van der Waals surface area contributed by atoms with Gasteiger partial charge in [-0.2, -0.15) is 0 Å². The van der Waals surface area contributed by atoms with E-state index in [9.17, 15) is 4.79 Å². The van der Waals surface area contributed by atoms with E-state index in [1.807, 2.05) is 13.8 Å². The largest absolute Gasteiger partial charge is 0.462 e. The van der Waals surface area contributed by atoms with Gasteiger partial charge in [0, 0.05) is 6.42 Å². The van der Waals surface area contributed by atoms with Crippen LogP contribution in [0.25, 0.3) is 0 Å². The van der Waals surface area contributed by atoms with Gasteiger partial charge in [-0.15, -0.1) is 0 Å². The molecule has 0 aromatic heterocycles. The molecule has 0 bridgehead atoms. The molecular formula is C31H50O2. The van der Waals surface area contributed by atoms with Crippen molar-refractivity contribution in [3.05, 3.63) is 35.5 Å². The summed E-state index contributed by atoms with van der Waals surface area (Å²) in [7, 11) is 0. The number of carbonyl (C=O) groups is 1. The van der Waals surface area contributed by atoms with Crippen LogP contribution in [0, 0.1) is 35.0 Å². The van der Waals surface area contributed by atoms with Gasteiger partial charge in [-0.3, -0.25) is 4.79 Å². The standard InChI is InChI=1S/C31H50O2/c1-21(2)10-8-11-24(6)28-17-18-29-25(12-9-19-31(28,29)7)14-15-26-20-27(16-13-23(26)5)33-30(32)22(3)4/h14-15,21-22,24,27-29H,5,8-13,16-20H2,1-4,6-7H3/b25-14+,26-15-/t24-,27+,28?,29+,31-/m1/s1. The van der Waals surface area contributed by atoms with E-state index in [2.05, 4.69) is 46.4 Å².